The number of carbonyl (C=O) groups is 2. The molecule has 0 aromatic carbocycles. The standard InChI is InChI=1S/C71H131NO10/c1-4-7-10-13-16-19-22-25-27-29-31-32-33-35-36-38-40-43-46-49-52-55-58-64(75)70(79)72-62(63(74)57-54-51-48-45-42-24-21-18-15-12-9-6-3)61-80-71-69(68(78)67(77)65(60-73)81-71)82-66(76)59-56-53-50-47-44-41-39-37-34-30-28-26-23-20-17-14-11-8-5-2/h17,20,25-28,54,57,62-65,67-69,71,73-75,77-78H,4-16,18-19,21-24,29-53,55-56,58-61H2,1-3H3,(H,72,79)/b20-17-,27-25+,28-26-,57-54+. The first-order chi connectivity index (χ1) is 40.2. The number of amides is 1. The Hall–Kier alpha value is -2.38. The average Bonchev–Trinajstić information content (AvgIpc) is 3.44. The van der Waals surface area contributed by atoms with Gasteiger partial charge in [-0.05, 0) is 83.5 Å². The maximum Gasteiger partial charge on any atom is 0.306 e. The van der Waals surface area contributed by atoms with Gasteiger partial charge in [0.1, 0.15) is 24.4 Å². The Morgan fingerprint density at radius 1 is 0.476 bits per heavy atom. The van der Waals surface area contributed by atoms with Crippen molar-refractivity contribution in [2.24, 2.45) is 0 Å². The topological polar surface area (TPSA) is 175 Å². The van der Waals surface area contributed by atoms with Crippen LogP contribution in [0.5, 0.6) is 0 Å². The van der Waals surface area contributed by atoms with Crippen molar-refractivity contribution in [2.45, 2.75) is 378 Å². The first kappa shape index (κ1) is 77.6. The average molecular weight is 1160 g/mol. The van der Waals surface area contributed by atoms with E-state index in [0.717, 1.165) is 70.6 Å². The van der Waals surface area contributed by atoms with Crippen LogP contribution in [0.3, 0.4) is 0 Å². The predicted octanol–water partition coefficient (Wildman–Crippen LogP) is 17.6. The van der Waals surface area contributed by atoms with E-state index < -0.39 is 67.4 Å². The Bertz CT molecular complexity index is 1520. The summed E-state index contributed by atoms with van der Waals surface area (Å²) < 4.78 is 17.7. The van der Waals surface area contributed by atoms with Gasteiger partial charge < -0.3 is 45.1 Å². The van der Waals surface area contributed by atoms with E-state index >= 15 is 0 Å². The van der Waals surface area contributed by atoms with Gasteiger partial charge in [-0.2, -0.15) is 0 Å². The van der Waals surface area contributed by atoms with Gasteiger partial charge in [0.2, 0.25) is 5.91 Å². The third-order valence-corrected chi connectivity index (χ3v) is 16.5. The highest BCUT2D eigenvalue weighted by Gasteiger charge is 2.47. The Labute approximate surface area is 504 Å². The van der Waals surface area contributed by atoms with E-state index in [0.29, 0.717) is 19.3 Å². The maximum atomic E-state index is 13.5. The molecule has 11 nitrogen and oxygen atoms in total. The number of aliphatic hydroxyl groups excluding tert-OH is 5. The van der Waals surface area contributed by atoms with Gasteiger partial charge >= 0.3 is 5.97 Å². The lowest BCUT2D eigenvalue weighted by atomic mass is 9.99. The Balaban J connectivity index is 2.59. The van der Waals surface area contributed by atoms with Crippen molar-refractivity contribution in [3.8, 4) is 0 Å². The van der Waals surface area contributed by atoms with Crippen LogP contribution in [-0.2, 0) is 23.8 Å². The van der Waals surface area contributed by atoms with Gasteiger partial charge in [0.15, 0.2) is 12.4 Å². The summed E-state index contributed by atoms with van der Waals surface area (Å²) in [6, 6.07) is -1.02. The number of rotatable bonds is 60. The number of carbonyl (C=O) groups excluding carboxylic acids is 2. The number of nitrogens with one attached hydrogen (secondary N) is 1. The summed E-state index contributed by atoms with van der Waals surface area (Å²) in [5, 5.41) is 57.2. The molecule has 6 N–H and O–H groups in total. The van der Waals surface area contributed by atoms with Crippen molar-refractivity contribution in [2.75, 3.05) is 13.2 Å². The van der Waals surface area contributed by atoms with Crippen LogP contribution in [0.15, 0.2) is 48.6 Å². The minimum atomic E-state index is -1.61. The summed E-state index contributed by atoms with van der Waals surface area (Å²) in [7, 11) is 0. The fourth-order valence-corrected chi connectivity index (χ4v) is 10.9. The molecule has 0 radical (unpaired) electrons. The lowest BCUT2D eigenvalue weighted by Crippen LogP contribution is -2.61. The molecule has 1 aliphatic heterocycles. The summed E-state index contributed by atoms with van der Waals surface area (Å²) in [5.41, 5.74) is 0. The number of esters is 1. The zero-order valence-corrected chi connectivity index (χ0v) is 53.4. The molecule has 480 valence electrons. The molecule has 1 heterocycles. The highest BCUT2D eigenvalue weighted by Crippen LogP contribution is 2.26. The molecule has 0 aromatic rings. The molecule has 8 unspecified atom stereocenters. The van der Waals surface area contributed by atoms with Gasteiger partial charge in [-0.25, -0.2) is 0 Å². The lowest BCUT2D eigenvalue weighted by molar-refractivity contribution is -0.305. The Kier molecular flexibility index (Phi) is 55.8. The fourth-order valence-electron chi connectivity index (χ4n) is 10.9. The monoisotopic (exact) mass is 1160 g/mol. The number of unbranched alkanes of at least 4 members (excludes halogenated alkanes) is 40. The molecule has 82 heavy (non-hydrogen) atoms. The van der Waals surface area contributed by atoms with Gasteiger partial charge in [0.05, 0.1) is 25.4 Å². The minimum absolute atomic E-state index is 0.120. The molecule has 1 fully saturated rings. The molecule has 0 spiro atoms. The normalized spacial score (nSPS) is 18.9. The largest absolute Gasteiger partial charge is 0.454 e. The van der Waals surface area contributed by atoms with Gasteiger partial charge in [0.25, 0.3) is 0 Å². The van der Waals surface area contributed by atoms with E-state index in [2.05, 4.69) is 62.5 Å². The first-order valence-electron chi connectivity index (χ1n) is 34.9. The summed E-state index contributed by atoms with van der Waals surface area (Å²) in [5.74, 6) is -1.19. The van der Waals surface area contributed by atoms with Gasteiger partial charge in [-0.15, -0.1) is 0 Å². The van der Waals surface area contributed by atoms with E-state index in [9.17, 15) is 35.1 Å². The SMILES string of the molecule is CCCCC/C=C\C/C=C\CCCCCCCCCCCC(=O)OC1C(OCC(NC(=O)C(O)CCCCCCCCCCCCCC/C=C/CCCCCCCC)C(O)/C=C/CCCCCCCCCCCC)OC(CO)C(O)C1O. The minimum Gasteiger partial charge on any atom is -0.454 e. The molecule has 1 rings (SSSR count). The second-order valence-electron chi connectivity index (χ2n) is 24.3. The van der Waals surface area contributed by atoms with E-state index in [1.165, 1.54) is 212 Å². The van der Waals surface area contributed by atoms with Crippen LogP contribution in [0.4, 0.5) is 0 Å². The van der Waals surface area contributed by atoms with Crippen LogP contribution < -0.4 is 5.32 Å². The summed E-state index contributed by atoms with van der Waals surface area (Å²) >= 11 is 0. The molecule has 0 aliphatic carbocycles. The summed E-state index contributed by atoms with van der Waals surface area (Å²) in [6.07, 6.45) is 62.9. The number of ether oxygens (including phenoxy) is 3. The van der Waals surface area contributed by atoms with Crippen molar-refractivity contribution >= 4 is 11.9 Å². The number of hydrogen-bond donors (Lipinski definition) is 6. The van der Waals surface area contributed by atoms with Crippen molar-refractivity contribution < 1.29 is 49.3 Å². The number of aliphatic hydroxyl groups is 5. The summed E-state index contributed by atoms with van der Waals surface area (Å²) in [4.78, 5) is 26.6. The highest BCUT2D eigenvalue weighted by atomic mass is 16.7. The van der Waals surface area contributed by atoms with Crippen molar-refractivity contribution in [3.05, 3.63) is 48.6 Å². The van der Waals surface area contributed by atoms with Gasteiger partial charge in [0, 0.05) is 6.42 Å². The molecule has 8 atom stereocenters. The number of hydrogen-bond acceptors (Lipinski definition) is 10. The van der Waals surface area contributed by atoms with Crippen LogP contribution in [0.2, 0.25) is 0 Å². The Morgan fingerprint density at radius 2 is 0.841 bits per heavy atom. The molecule has 1 amide bonds. The van der Waals surface area contributed by atoms with Crippen molar-refractivity contribution in [1.29, 1.82) is 0 Å². The van der Waals surface area contributed by atoms with Crippen LogP contribution in [0.1, 0.15) is 329 Å². The van der Waals surface area contributed by atoms with Crippen LogP contribution >= 0.6 is 0 Å². The third-order valence-electron chi connectivity index (χ3n) is 16.5. The maximum absolute atomic E-state index is 13.5. The molecule has 0 aromatic heterocycles. The zero-order valence-electron chi connectivity index (χ0n) is 53.4. The zero-order chi connectivity index (χ0) is 59.6. The Morgan fingerprint density at radius 3 is 1.28 bits per heavy atom. The smallest absolute Gasteiger partial charge is 0.306 e. The predicted molar refractivity (Wildman–Crippen MR) is 343 cm³/mol. The fraction of sp³-hybridized carbons (Fsp3) is 0.859. The van der Waals surface area contributed by atoms with E-state index in [-0.39, 0.29) is 13.0 Å². The molecule has 0 bridgehead atoms. The van der Waals surface area contributed by atoms with Gasteiger partial charge in [-0.3, -0.25) is 9.59 Å². The molecule has 1 aliphatic rings. The van der Waals surface area contributed by atoms with Crippen LogP contribution in [0, 0.1) is 0 Å². The van der Waals surface area contributed by atoms with E-state index in [1.807, 2.05) is 6.08 Å². The molecular formula is C71H131NO10. The quantitative estimate of drug-likeness (QED) is 0.0195. The first-order valence-corrected chi connectivity index (χ1v) is 34.9. The molecule has 11 heteroatoms. The second-order valence-corrected chi connectivity index (χ2v) is 24.3. The van der Waals surface area contributed by atoms with Gasteiger partial charge in [-0.1, -0.05) is 288 Å². The molecule has 1 saturated heterocycles. The molecule has 0 saturated carbocycles. The van der Waals surface area contributed by atoms with Crippen LogP contribution in [-0.4, -0.2) is 99.6 Å². The summed E-state index contributed by atoms with van der Waals surface area (Å²) in [6.45, 7) is 5.80. The molecular weight excluding hydrogens is 1030 g/mol. The van der Waals surface area contributed by atoms with E-state index in [4.69, 9.17) is 14.2 Å². The van der Waals surface area contributed by atoms with Crippen molar-refractivity contribution in [1.82, 2.24) is 5.32 Å². The number of allylic oxidation sites excluding steroid dienone is 7. The highest BCUT2D eigenvalue weighted by molar-refractivity contribution is 5.80. The van der Waals surface area contributed by atoms with Crippen LogP contribution in [0.25, 0.3) is 0 Å². The van der Waals surface area contributed by atoms with Crippen molar-refractivity contribution in [3.63, 3.8) is 0 Å². The third kappa shape index (κ3) is 45.9. The second kappa shape index (κ2) is 59.0. The van der Waals surface area contributed by atoms with E-state index in [1.54, 1.807) is 6.08 Å². The lowest BCUT2D eigenvalue weighted by Gasteiger charge is -2.41.